The first-order valence-electron chi connectivity index (χ1n) is 7.41. The molecule has 1 amide bonds. The fourth-order valence-corrected chi connectivity index (χ4v) is 3.73. The fraction of sp³-hybridized carbons (Fsp3) is 0.562. The first-order valence-corrected chi connectivity index (χ1v) is 8.29. The average Bonchev–Trinajstić information content (AvgIpc) is 2.94. The van der Waals surface area contributed by atoms with Gasteiger partial charge in [-0.05, 0) is 44.2 Å². The minimum absolute atomic E-state index is 0. The Labute approximate surface area is 138 Å². The van der Waals surface area contributed by atoms with E-state index >= 15 is 0 Å². The van der Waals surface area contributed by atoms with Crippen LogP contribution in [0.4, 0.5) is 5.69 Å². The van der Waals surface area contributed by atoms with Crippen molar-refractivity contribution in [3.05, 3.63) is 24.3 Å². The molecule has 1 saturated carbocycles. The smallest absolute Gasteiger partial charge is 0.228 e. The molecule has 1 fully saturated rings. The molecule has 1 aliphatic rings. The Bertz CT molecular complexity index is 432. The molecule has 0 saturated heterocycles. The van der Waals surface area contributed by atoms with Gasteiger partial charge in [-0.2, -0.15) is 0 Å². The largest absolute Gasteiger partial charge is 0.326 e. The maximum Gasteiger partial charge on any atom is 0.228 e. The molecule has 0 aromatic heterocycles. The Balaban J connectivity index is 0.00000220. The van der Waals surface area contributed by atoms with Gasteiger partial charge in [0.25, 0.3) is 0 Å². The van der Waals surface area contributed by atoms with Crippen molar-refractivity contribution in [3.63, 3.8) is 0 Å². The highest BCUT2D eigenvalue weighted by molar-refractivity contribution is 8.00. The second-order valence-corrected chi connectivity index (χ2v) is 6.87. The number of anilines is 1. The minimum atomic E-state index is -0.0208. The molecule has 3 nitrogen and oxygen atoms in total. The predicted octanol–water partition coefficient (Wildman–Crippen LogP) is 3.94. The molecule has 118 valence electrons. The number of rotatable bonds is 6. The van der Waals surface area contributed by atoms with Gasteiger partial charge in [0.15, 0.2) is 0 Å². The number of halogens is 1. The third kappa shape index (κ3) is 5.89. The highest BCUT2D eigenvalue weighted by Gasteiger charge is 2.16. The second-order valence-electron chi connectivity index (χ2n) is 5.50. The summed E-state index contributed by atoms with van der Waals surface area (Å²) in [5, 5.41) is 6.76. The molecule has 21 heavy (non-hydrogen) atoms. The van der Waals surface area contributed by atoms with Crippen LogP contribution in [0, 0.1) is 5.92 Å². The number of hydrogen-bond donors (Lipinski definition) is 2. The highest BCUT2D eigenvalue weighted by Crippen LogP contribution is 2.34. The van der Waals surface area contributed by atoms with E-state index in [1.54, 1.807) is 0 Å². The van der Waals surface area contributed by atoms with Crippen LogP contribution < -0.4 is 10.6 Å². The SMILES string of the molecule is CNCC(C)C(=O)Nc1ccc(SC2CCCC2)cc1.Cl. The van der Waals surface area contributed by atoms with E-state index in [2.05, 4.69) is 22.8 Å². The van der Waals surface area contributed by atoms with Crippen LogP contribution in [-0.4, -0.2) is 24.7 Å². The number of thioether (sulfide) groups is 1. The zero-order valence-electron chi connectivity index (χ0n) is 12.7. The highest BCUT2D eigenvalue weighted by atomic mass is 35.5. The topological polar surface area (TPSA) is 41.1 Å². The monoisotopic (exact) mass is 328 g/mol. The fourth-order valence-electron chi connectivity index (χ4n) is 2.48. The van der Waals surface area contributed by atoms with Gasteiger partial charge in [0.2, 0.25) is 5.91 Å². The summed E-state index contributed by atoms with van der Waals surface area (Å²) in [6.07, 6.45) is 5.42. The van der Waals surface area contributed by atoms with Gasteiger partial charge < -0.3 is 10.6 Å². The van der Waals surface area contributed by atoms with E-state index < -0.39 is 0 Å². The number of nitrogens with one attached hydrogen (secondary N) is 2. The molecular formula is C16H25ClN2OS. The summed E-state index contributed by atoms with van der Waals surface area (Å²) >= 11 is 1.97. The summed E-state index contributed by atoms with van der Waals surface area (Å²) in [4.78, 5) is 13.2. The molecule has 2 N–H and O–H groups in total. The number of amides is 1. The van der Waals surface area contributed by atoms with E-state index in [-0.39, 0.29) is 24.2 Å². The van der Waals surface area contributed by atoms with Crippen LogP contribution in [0.25, 0.3) is 0 Å². The summed E-state index contributed by atoms with van der Waals surface area (Å²) in [6.45, 7) is 2.62. The molecule has 0 radical (unpaired) electrons. The Hall–Kier alpha value is -0.710. The molecule has 1 aromatic rings. The summed E-state index contributed by atoms with van der Waals surface area (Å²) < 4.78 is 0. The van der Waals surface area contributed by atoms with E-state index in [1.165, 1.54) is 30.6 Å². The van der Waals surface area contributed by atoms with Crippen LogP contribution >= 0.6 is 24.2 Å². The standard InChI is InChI=1S/C16H24N2OS.ClH/c1-12(11-17-2)16(19)18-13-7-9-15(10-8-13)20-14-5-3-4-6-14;/h7-10,12,14,17H,3-6,11H2,1-2H3,(H,18,19);1H. The lowest BCUT2D eigenvalue weighted by Crippen LogP contribution is -2.28. The Morgan fingerprint density at radius 3 is 2.48 bits per heavy atom. The Morgan fingerprint density at radius 1 is 1.29 bits per heavy atom. The molecule has 1 atom stereocenters. The van der Waals surface area contributed by atoms with Crippen molar-refractivity contribution in [2.75, 3.05) is 18.9 Å². The number of carbonyl (C=O) groups is 1. The zero-order chi connectivity index (χ0) is 14.4. The van der Waals surface area contributed by atoms with Crippen molar-refractivity contribution in [1.82, 2.24) is 5.32 Å². The Kier molecular flexibility index (Phi) is 8.15. The van der Waals surface area contributed by atoms with E-state index in [9.17, 15) is 4.79 Å². The van der Waals surface area contributed by atoms with Crippen molar-refractivity contribution < 1.29 is 4.79 Å². The third-order valence-electron chi connectivity index (χ3n) is 3.68. The molecule has 0 bridgehead atoms. The van der Waals surface area contributed by atoms with Crippen LogP contribution in [-0.2, 0) is 4.79 Å². The first kappa shape index (κ1) is 18.3. The summed E-state index contributed by atoms with van der Waals surface area (Å²) in [7, 11) is 1.86. The van der Waals surface area contributed by atoms with Gasteiger partial charge in [-0.25, -0.2) is 0 Å². The van der Waals surface area contributed by atoms with Gasteiger partial charge in [0, 0.05) is 28.3 Å². The molecule has 1 unspecified atom stereocenters. The molecule has 0 heterocycles. The second kappa shape index (κ2) is 9.34. The van der Waals surface area contributed by atoms with Gasteiger partial charge in [-0.15, -0.1) is 24.2 Å². The van der Waals surface area contributed by atoms with Gasteiger partial charge >= 0.3 is 0 Å². The summed E-state index contributed by atoms with van der Waals surface area (Å²) in [5.41, 5.74) is 0.883. The van der Waals surface area contributed by atoms with Crippen LogP contribution in [0.2, 0.25) is 0 Å². The van der Waals surface area contributed by atoms with Crippen LogP contribution in [0.5, 0.6) is 0 Å². The minimum Gasteiger partial charge on any atom is -0.326 e. The van der Waals surface area contributed by atoms with Crippen molar-refractivity contribution in [1.29, 1.82) is 0 Å². The summed E-state index contributed by atoms with van der Waals surface area (Å²) in [6, 6.07) is 8.23. The lowest BCUT2D eigenvalue weighted by molar-refractivity contribution is -0.119. The Morgan fingerprint density at radius 2 is 1.90 bits per heavy atom. The van der Waals surface area contributed by atoms with Crippen LogP contribution in [0.15, 0.2) is 29.2 Å². The molecule has 1 aliphatic carbocycles. The van der Waals surface area contributed by atoms with Crippen molar-refractivity contribution in [2.45, 2.75) is 42.8 Å². The lowest BCUT2D eigenvalue weighted by atomic mass is 10.1. The normalized spacial score (nSPS) is 16.3. The van der Waals surface area contributed by atoms with Gasteiger partial charge in [-0.1, -0.05) is 19.8 Å². The first-order chi connectivity index (χ1) is 9.69. The average molecular weight is 329 g/mol. The maximum absolute atomic E-state index is 11.9. The third-order valence-corrected chi connectivity index (χ3v) is 5.03. The zero-order valence-corrected chi connectivity index (χ0v) is 14.4. The summed E-state index contributed by atoms with van der Waals surface area (Å²) in [5.74, 6) is 0.0445. The van der Waals surface area contributed by atoms with Crippen molar-refractivity contribution >= 4 is 35.8 Å². The molecule has 2 rings (SSSR count). The molecule has 0 aliphatic heterocycles. The van der Waals surface area contributed by atoms with Crippen LogP contribution in [0.1, 0.15) is 32.6 Å². The lowest BCUT2D eigenvalue weighted by Gasteiger charge is -2.12. The molecule has 1 aromatic carbocycles. The van der Waals surface area contributed by atoms with E-state index in [4.69, 9.17) is 0 Å². The van der Waals surface area contributed by atoms with Crippen molar-refractivity contribution in [2.24, 2.45) is 5.92 Å². The molecule has 5 heteroatoms. The van der Waals surface area contributed by atoms with E-state index in [0.29, 0.717) is 6.54 Å². The van der Waals surface area contributed by atoms with Crippen LogP contribution in [0.3, 0.4) is 0 Å². The number of carbonyl (C=O) groups excluding carboxylic acids is 1. The van der Waals surface area contributed by atoms with Gasteiger partial charge in [0.05, 0.1) is 0 Å². The van der Waals surface area contributed by atoms with Gasteiger partial charge in [0.1, 0.15) is 0 Å². The molecule has 0 spiro atoms. The van der Waals surface area contributed by atoms with Gasteiger partial charge in [-0.3, -0.25) is 4.79 Å². The molecular weight excluding hydrogens is 304 g/mol. The predicted molar refractivity (Wildman–Crippen MR) is 93.5 cm³/mol. The number of hydrogen-bond acceptors (Lipinski definition) is 3. The van der Waals surface area contributed by atoms with Crippen molar-refractivity contribution in [3.8, 4) is 0 Å². The maximum atomic E-state index is 11.9. The number of benzene rings is 1. The quantitative estimate of drug-likeness (QED) is 0.831. The van der Waals surface area contributed by atoms with E-state index in [1.807, 2.05) is 37.9 Å². The van der Waals surface area contributed by atoms with E-state index in [0.717, 1.165) is 10.9 Å².